The lowest BCUT2D eigenvalue weighted by Gasteiger charge is -2.37. The molecular weight excluding hydrogens is 531 g/mol. The third-order valence-electron chi connectivity index (χ3n) is 6.38. The fraction of sp³-hybridized carbons (Fsp3) is 0.593. The Kier molecular flexibility index (Phi) is 10.2. The quantitative estimate of drug-likeness (QED) is 0.110. The summed E-state index contributed by atoms with van der Waals surface area (Å²) in [5.41, 5.74) is 1.20. The van der Waals surface area contributed by atoms with Gasteiger partial charge in [-0.2, -0.15) is 10.4 Å². The fourth-order valence-corrected chi connectivity index (χ4v) is 6.50. The van der Waals surface area contributed by atoms with E-state index in [9.17, 15) is 0 Å². The van der Waals surface area contributed by atoms with Gasteiger partial charge in [-0.25, -0.2) is 24.3 Å². The predicted octanol–water partition coefficient (Wildman–Crippen LogP) is 5.67. The van der Waals surface area contributed by atoms with Crippen LogP contribution in [0.4, 0.5) is 5.82 Å². The van der Waals surface area contributed by atoms with Crippen LogP contribution in [0.1, 0.15) is 60.1 Å². The molecule has 0 bridgehead atoms. The van der Waals surface area contributed by atoms with Gasteiger partial charge in [-0.1, -0.05) is 6.92 Å². The van der Waals surface area contributed by atoms with Crippen molar-refractivity contribution in [1.82, 2.24) is 29.3 Å². The third kappa shape index (κ3) is 6.67. The summed E-state index contributed by atoms with van der Waals surface area (Å²) < 4.78 is 29.1. The minimum absolute atomic E-state index is 0.171. The molecule has 12 nitrogen and oxygen atoms in total. The maximum Gasteiger partial charge on any atom is 0.259 e. The highest BCUT2D eigenvalue weighted by Gasteiger charge is 2.41. The molecule has 1 fully saturated rings. The molecule has 4 unspecified atom stereocenters. The van der Waals surface area contributed by atoms with Crippen molar-refractivity contribution < 1.29 is 18.2 Å². The van der Waals surface area contributed by atoms with E-state index >= 15 is 0 Å². The Morgan fingerprint density at radius 3 is 2.67 bits per heavy atom. The predicted molar refractivity (Wildman–Crippen MR) is 154 cm³/mol. The molecule has 3 aromatic rings. The van der Waals surface area contributed by atoms with Gasteiger partial charge >= 0.3 is 0 Å². The third-order valence-corrected chi connectivity index (χ3v) is 8.53. The van der Waals surface area contributed by atoms with Gasteiger partial charge in [0, 0.05) is 32.6 Å². The number of hydrogen-bond donors (Lipinski definition) is 0. The first-order chi connectivity index (χ1) is 19.2. The summed E-state index contributed by atoms with van der Waals surface area (Å²) in [6.07, 6.45) is 5.57. The van der Waals surface area contributed by atoms with Gasteiger partial charge in [0.15, 0.2) is 23.5 Å². The molecule has 0 aromatic carbocycles. The molecule has 13 heteroatoms. The van der Waals surface area contributed by atoms with E-state index in [4.69, 9.17) is 28.6 Å². The van der Waals surface area contributed by atoms with Gasteiger partial charge in [0.05, 0.1) is 49.3 Å². The molecule has 40 heavy (non-hydrogen) atoms. The zero-order chi connectivity index (χ0) is 28.8. The van der Waals surface area contributed by atoms with Crippen molar-refractivity contribution in [3.8, 4) is 17.5 Å². The van der Waals surface area contributed by atoms with Crippen LogP contribution in [0.5, 0.6) is 0 Å². The summed E-state index contributed by atoms with van der Waals surface area (Å²) in [4.78, 5) is 15.4. The summed E-state index contributed by atoms with van der Waals surface area (Å²) in [7, 11) is 2.38. The molecule has 4 atom stereocenters. The molecule has 1 aliphatic heterocycles. The average molecular weight is 571 g/mol. The van der Waals surface area contributed by atoms with Gasteiger partial charge in [0.2, 0.25) is 0 Å². The normalized spacial score (nSPS) is 20.4. The fourth-order valence-electron chi connectivity index (χ4n) is 4.75. The minimum Gasteiger partial charge on any atom is -0.463 e. The number of hydrogen-bond acceptors (Lipinski definition) is 10. The molecule has 0 spiro atoms. The van der Waals surface area contributed by atoms with Crippen molar-refractivity contribution in [2.45, 2.75) is 84.4 Å². The molecule has 0 aliphatic carbocycles. The van der Waals surface area contributed by atoms with Crippen molar-refractivity contribution in [3.63, 3.8) is 0 Å². The zero-order valence-electron chi connectivity index (χ0n) is 24.3. The first kappa shape index (κ1) is 30.0. The smallest absolute Gasteiger partial charge is 0.259 e. The summed E-state index contributed by atoms with van der Waals surface area (Å²) in [6.45, 7) is 10.9. The number of furan rings is 1. The van der Waals surface area contributed by atoms with Crippen LogP contribution < -0.4 is 0 Å². The van der Waals surface area contributed by atoms with Crippen LogP contribution in [0.15, 0.2) is 34.1 Å². The van der Waals surface area contributed by atoms with Crippen molar-refractivity contribution in [3.05, 3.63) is 24.7 Å². The molecule has 4 rings (SSSR count). The van der Waals surface area contributed by atoms with Gasteiger partial charge in [-0.05, 0) is 46.2 Å². The van der Waals surface area contributed by atoms with Gasteiger partial charge < -0.3 is 23.1 Å². The topological polar surface area (TPSA) is 127 Å². The Balaban J connectivity index is 1.69. The number of ether oxygens (including phenoxy) is 1. The van der Waals surface area contributed by atoms with Crippen molar-refractivity contribution >= 4 is 31.7 Å². The van der Waals surface area contributed by atoms with Crippen LogP contribution in [0, 0.1) is 11.3 Å². The van der Waals surface area contributed by atoms with Gasteiger partial charge in [0.1, 0.15) is 12.0 Å². The zero-order valence-corrected chi connectivity index (χ0v) is 25.2. The van der Waals surface area contributed by atoms with E-state index in [-0.39, 0.29) is 24.3 Å². The lowest BCUT2D eigenvalue weighted by Crippen LogP contribution is -2.35. The second-order valence-electron chi connectivity index (χ2n) is 10.3. The maximum atomic E-state index is 9.06. The van der Waals surface area contributed by atoms with E-state index in [0.29, 0.717) is 47.8 Å². The molecular formula is C27H39N8O4P. The molecule has 0 amide bonds. The highest BCUT2D eigenvalue weighted by atomic mass is 31.2. The number of fused-ring (bicyclic) bond motifs is 1. The molecule has 1 aliphatic rings. The van der Waals surface area contributed by atoms with Gasteiger partial charge in [0.25, 0.3) is 8.53 Å². The Labute approximate surface area is 236 Å². The van der Waals surface area contributed by atoms with Crippen molar-refractivity contribution in [1.29, 1.82) is 5.26 Å². The standard InChI is InChI=1S/C27H39N8O4P/c1-8-20-22(39-40(37-14-10-12-28)35(18(2)3)19(4)5)15-23(38-20)34-27-24(25(32-34)21-11-9-13-36-21)26(29-16-30-27)31-17-33(6)7/h9,11,13,16-20,22-23H,8,10,14-15H2,1-7H3. The lowest BCUT2D eigenvalue weighted by atomic mass is 10.1. The lowest BCUT2D eigenvalue weighted by molar-refractivity contribution is -0.0215. The first-order valence-electron chi connectivity index (χ1n) is 13.6. The highest BCUT2D eigenvalue weighted by molar-refractivity contribution is 7.44. The largest absolute Gasteiger partial charge is 0.463 e. The molecule has 4 heterocycles. The van der Waals surface area contributed by atoms with E-state index in [1.165, 1.54) is 6.33 Å². The maximum absolute atomic E-state index is 9.06. The van der Waals surface area contributed by atoms with Crippen LogP contribution in [-0.4, -0.2) is 80.7 Å². The molecule has 3 aromatic heterocycles. The number of aliphatic imine (C=N–C) groups is 1. The number of nitriles is 1. The van der Waals surface area contributed by atoms with Crippen LogP contribution in [0.2, 0.25) is 0 Å². The van der Waals surface area contributed by atoms with Crippen LogP contribution in [0.25, 0.3) is 22.5 Å². The minimum atomic E-state index is -1.41. The first-order valence-corrected chi connectivity index (χ1v) is 14.8. The summed E-state index contributed by atoms with van der Waals surface area (Å²) in [5.74, 6) is 1.09. The van der Waals surface area contributed by atoms with Crippen LogP contribution >= 0.6 is 8.53 Å². The Morgan fingerprint density at radius 2 is 2.05 bits per heavy atom. The van der Waals surface area contributed by atoms with E-state index in [0.717, 1.165) is 6.42 Å². The number of rotatable bonds is 13. The molecule has 1 saturated heterocycles. The van der Waals surface area contributed by atoms with Crippen LogP contribution in [-0.2, 0) is 13.8 Å². The molecule has 0 radical (unpaired) electrons. The number of aromatic nitrogens is 4. The highest BCUT2D eigenvalue weighted by Crippen LogP contribution is 2.50. The van der Waals surface area contributed by atoms with Gasteiger partial charge in [-0.15, -0.1) is 0 Å². The van der Waals surface area contributed by atoms with Crippen LogP contribution in [0.3, 0.4) is 0 Å². The summed E-state index contributed by atoms with van der Waals surface area (Å²) >= 11 is 0. The van der Waals surface area contributed by atoms with Gasteiger partial charge in [-0.3, -0.25) is 0 Å². The number of nitrogens with zero attached hydrogens (tertiary/aromatic N) is 8. The summed E-state index contributed by atoms with van der Waals surface area (Å²) in [6, 6.07) is 6.24. The van der Waals surface area contributed by atoms with Crippen molar-refractivity contribution in [2.75, 3.05) is 20.7 Å². The molecule has 0 N–H and O–H groups in total. The SMILES string of the molecule is CCC1OC(n2nc(-c3ccco3)c3c(N=CN(C)C)ncnc32)CC1OP(OCCC#N)N(C(C)C)C(C)C. The van der Waals surface area contributed by atoms with E-state index in [1.807, 2.05) is 31.1 Å². The monoisotopic (exact) mass is 570 g/mol. The van der Waals surface area contributed by atoms with E-state index in [1.54, 1.807) is 17.3 Å². The molecule has 0 saturated carbocycles. The van der Waals surface area contributed by atoms with Crippen molar-refractivity contribution in [2.24, 2.45) is 4.99 Å². The molecule has 216 valence electrons. The van der Waals surface area contributed by atoms with E-state index < -0.39 is 14.8 Å². The average Bonchev–Trinajstić information content (AvgIpc) is 3.65. The second-order valence-corrected chi connectivity index (χ2v) is 11.7. The Hall–Kier alpha value is -2.94. The van der Waals surface area contributed by atoms with E-state index in [2.05, 4.69) is 60.3 Å². The Bertz CT molecular complexity index is 1300. The Morgan fingerprint density at radius 1 is 1.27 bits per heavy atom. The summed E-state index contributed by atoms with van der Waals surface area (Å²) in [5, 5.41) is 14.7. The second kappa shape index (κ2) is 13.6.